The molecule has 0 aliphatic carbocycles. The van der Waals surface area contributed by atoms with E-state index >= 15 is 0 Å². The van der Waals surface area contributed by atoms with Crippen LogP contribution in [0.25, 0.3) is 21.8 Å². The molecule has 0 unspecified atom stereocenters. The lowest BCUT2D eigenvalue weighted by Gasteiger charge is -2.13. The van der Waals surface area contributed by atoms with E-state index in [-0.39, 0.29) is 18.9 Å². The number of aryl methyl sites for hydroxylation is 2. The molecule has 0 aliphatic rings. The van der Waals surface area contributed by atoms with Crippen LogP contribution in [0.15, 0.2) is 91.3 Å². The molecule has 0 spiro atoms. The van der Waals surface area contributed by atoms with E-state index in [1.54, 1.807) is 35.7 Å². The molecule has 3 heterocycles. The molecule has 0 saturated carbocycles. The van der Waals surface area contributed by atoms with E-state index < -0.39 is 5.97 Å². The predicted octanol–water partition coefficient (Wildman–Crippen LogP) is 6.14. The fourth-order valence-corrected chi connectivity index (χ4v) is 5.40. The number of rotatable bonds is 12. The van der Waals surface area contributed by atoms with Gasteiger partial charge in [0.15, 0.2) is 0 Å². The number of hydrogen-bond acceptors (Lipinski definition) is 7. The molecule has 212 valence electrons. The molecule has 1 amide bonds. The minimum Gasteiger partial charge on any atom is -0.493 e. The van der Waals surface area contributed by atoms with Crippen molar-refractivity contribution in [1.82, 2.24) is 20.3 Å². The van der Waals surface area contributed by atoms with Crippen LogP contribution in [0, 0.1) is 6.92 Å². The van der Waals surface area contributed by atoms with Crippen LogP contribution in [-0.4, -0.2) is 38.5 Å². The number of amides is 1. The summed E-state index contributed by atoms with van der Waals surface area (Å²) in [5.74, 6) is -0.532. The number of ether oxygens (including phenoxy) is 1. The van der Waals surface area contributed by atoms with Gasteiger partial charge in [-0.2, -0.15) is 0 Å². The molecule has 0 fully saturated rings. The highest BCUT2D eigenvalue weighted by Crippen LogP contribution is 2.29. The van der Waals surface area contributed by atoms with Crippen LogP contribution in [-0.2, 0) is 24.2 Å². The molecule has 0 saturated heterocycles. The molecule has 9 heteroatoms. The number of nitrogens with zero attached hydrogens (tertiary/aromatic N) is 3. The van der Waals surface area contributed by atoms with Gasteiger partial charge in [0.1, 0.15) is 16.5 Å². The maximum absolute atomic E-state index is 12.5. The van der Waals surface area contributed by atoms with E-state index in [0.717, 1.165) is 43.5 Å². The molecule has 5 aromatic rings. The van der Waals surface area contributed by atoms with Gasteiger partial charge < -0.3 is 15.2 Å². The Balaban J connectivity index is 1.22. The Morgan fingerprint density at radius 2 is 1.74 bits per heavy atom. The zero-order chi connectivity index (χ0) is 29.3. The van der Waals surface area contributed by atoms with Crippen LogP contribution in [0.3, 0.4) is 0 Å². The van der Waals surface area contributed by atoms with E-state index in [1.807, 2.05) is 66.9 Å². The number of aliphatic carboxylic acids is 1. The molecule has 0 aliphatic heterocycles. The predicted molar refractivity (Wildman–Crippen MR) is 163 cm³/mol. The maximum atomic E-state index is 12.5. The minimum absolute atomic E-state index is 0.00265. The number of carboxylic acid groups (broad SMARTS) is 1. The monoisotopic (exact) mass is 578 g/mol. The number of pyridine rings is 2. The fraction of sp³-hybridized carbons (Fsp3) is 0.182. The minimum atomic E-state index is -0.875. The zero-order valence-electron chi connectivity index (χ0n) is 23.1. The van der Waals surface area contributed by atoms with Crippen molar-refractivity contribution in [2.75, 3.05) is 6.61 Å². The molecule has 2 aromatic carbocycles. The van der Waals surface area contributed by atoms with Gasteiger partial charge in [0.25, 0.3) is 5.91 Å². The third kappa shape index (κ3) is 7.44. The van der Waals surface area contributed by atoms with Gasteiger partial charge >= 0.3 is 5.97 Å². The number of carbonyl (C=O) groups excluding carboxylic acids is 1. The summed E-state index contributed by atoms with van der Waals surface area (Å²) in [7, 11) is 0. The van der Waals surface area contributed by atoms with Crippen molar-refractivity contribution < 1.29 is 19.4 Å². The first kappa shape index (κ1) is 28.6. The van der Waals surface area contributed by atoms with Crippen molar-refractivity contribution in [3.8, 4) is 27.6 Å². The van der Waals surface area contributed by atoms with Gasteiger partial charge in [-0.3, -0.25) is 19.6 Å². The summed E-state index contributed by atoms with van der Waals surface area (Å²) >= 11 is 1.64. The Kier molecular flexibility index (Phi) is 9.30. The second-order valence-electron chi connectivity index (χ2n) is 9.64. The normalized spacial score (nSPS) is 10.8. The van der Waals surface area contributed by atoms with Crippen molar-refractivity contribution in [2.45, 2.75) is 32.7 Å². The van der Waals surface area contributed by atoms with Crippen LogP contribution in [0.5, 0.6) is 5.75 Å². The van der Waals surface area contributed by atoms with Gasteiger partial charge in [0.2, 0.25) is 0 Å². The molecule has 0 atom stereocenters. The number of aromatic nitrogens is 3. The summed E-state index contributed by atoms with van der Waals surface area (Å²) in [6, 6.07) is 24.8. The summed E-state index contributed by atoms with van der Waals surface area (Å²) in [5.41, 5.74) is 5.91. The largest absolute Gasteiger partial charge is 0.493 e. The Labute approximate surface area is 248 Å². The van der Waals surface area contributed by atoms with Crippen molar-refractivity contribution in [3.05, 3.63) is 119 Å². The van der Waals surface area contributed by atoms with Crippen molar-refractivity contribution in [1.29, 1.82) is 0 Å². The van der Waals surface area contributed by atoms with Crippen LogP contribution in [0.1, 0.15) is 38.6 Å². The average Bonchev–Trinajstić information content (AvgIpc) is 3.40. The van der Waals surface area contributed by atoms with Gasteiger partial charge in [0, 0.05) is 47.8 Å². The van der Waals surface area contributed by atoms with Gasteiger partial charge in [-0.1, -0.05) is 42.5 Å². The van der Waals surface area contributed by atoms with E-state index in [0.29, 0.717) is 30.9 Å². The van der Waals surface area contributed by atoms with E-state index in [2.05, 4.69) is 22.2 Å². The van der Waals surface area contributed by atoms with Crippen LogP contribution in [0.2, 0.25) is 0 Å². The molecule has 3 aromatic heterocycles. The Bertz CT molecular complexity index is 1660. The quantitative estimate of drug-likeness (QED) is 0.183. The maximum Gasteiger partial charge on any atom is 0.303 e. The summed E-state index contributed by atoms with van der Waals surface area (Å²) in [6.07, 6.45) is 4.40. The second kappa shape index (κ2) is 13.6. The number of carbonyl (C=O) groups is 2. The fourth-order valence-electron chi connectivity index (χ4n) is 4.45. The molecule has 8 nitrogen and oxygen atoms in total. The summed E-state index contributed by atoms with van der Waals surface area (Å²) < 4.78 is 6.07. The first-order chi connectivity index (χ1) is 20.5. The standard InChI is InChI=1S/C33H30N4O4S/c1-22-28(37-33(42-22)25-11-14-29(35-20-25)24-7-3-2-4-8-24)16-18-41-27-13-10-23(12-15-31(38)39)26(19-27)21-36-32(40)30-9-5-6-17-34-30/h2-11,13-14,17,19-20H,12,15-16,18,21H2,1H3,(H,36,40)(H,38,39). The highest BCUT2D eigenvalue weighted by atomic mass is 32.1. The number of carboxylic acids is 1. The van der Waals surface area contributed by atoms with Crippen molar-refractivity contribution >= 4 is 23.2 Å². The van der Waals surface area contributed by atoms with Crippen molar-refractivity contribution in [2.24, 2.45) is 0 Å². The summed E-state index contributed by atoms with van der Waals surface area (Å²) in [6.45, 7) is 2.71. The third-order valence-electron chi connectivity index (χ3n) is 6.70. The Morgan fingerprint density at radius 1 is 0.905 bits per heavy atom. The van der Waals surface area contributed by atoms with Gasteiger partial charge in [-0.25, -0.2) is 4.98 Å². The Morgan fingerprint density at radius 3 is 2.48 bits per heavy atom. The molecule has 2 N–H and O–H groups in total. The molecule has 0 radical (unpaired) electrons. The number of benzene rings is 2. The second-order valence-corrected chi connectivity index (χ2v) is 10.8. The number of hydrogen-bond donors (Lipinski definition) is 2. The van der Waals surface area contributed by atoms with Gasteiger partial charge in [-0.05, 0) is 60.9 Å². The highest BCUT2D eigenvalue weighted by Gasteiger charge is 2.13. The lowest BCUT2D eigenvalue weighted by Crippen LogP contribution is -2.24. The topological polar surface area (TPSA) is 114 Å². The zero-order valence-corrected chi connectivity index (χ0v) is 23.9. The van der Waals surface area contributed by atoms with Gasteiger partial charge in [-0.15, -0.1) is 11.3 Å². The van der Waals surface area contributed by atoms with Gasteiger partial charge in [0.05, 0.1) is 18.0 Å². The summed E-state index contributed by atoms with van der Waals surface area (Å²) in [4.78, 5) is 38.4. The van der Waals surface area contributed by atoms with E-state index in [1.165, 1.54) is 0 Å². The Hall–Kier alpha value is -4.89. The third-order valence-corrected chi connectivity index (χ3v) is 7.77. The van der Waals surface area contributed by atoms with E-state index in [4.69, 9.17) is 14.8 Å². The first-order valence-electron chi connectivity index (χ1n) is 13.6. The van der Waals surface area contributed by atoms with Crippen LogP contribution < -0.4 is 10.1 Å². The number of nitrogens with one attached hydrogen (secondary N) is 1. The molecule has 5 rings (SSSR count). The molecular weight excluding hydrogens is 548 g/mol. The lowest BCUT2D eigenvalue weighted by atomic mass is 10.0. The smallest absolute Gasteiger partial charge is 0.303 e. The SMILES string of the molecule is Cc1sc(-c2ccc(-c3ccccc3)nc2)nc1CCOc1ccc(CCC(=O)O)c(CNC(=O)c2ccccn2)c1. The lowest BCUT2D eigenvalue weighted by molar-refractivity contribution is -0.136. The summed E-state index contributed by atoms with van der Waals surface area (Å²) in [5, 5.41) is 12.9. The van der Waals surface area contributed by atoms with E-state index in [9.17, 15) is 9.59 Å². The van der Waals surface area contributed by atoms with Crippen LogP contribution in [0.4, 0.5) is 0 Å². The molecule has 42 heavy (non-hydrogen) atoms. The van der Waals surface area contributed by atoms with Crippen molar-refractivity contribution in [3.63, 3.8) is 0 Å². The number of thiazole rings is 1. The van der Waals surface area contributed by atoms with Crippen LogP contribution >= 0.6 is 11.3 Å². The molecule has 0 bridgehead atoms. The first-order valence-corrected chi connectivity index (χ1v) is 14.4. The highest BCUT2D eigenvalue weighted by molar-refractivity contribution is 7.15. The molecular formula is C33H30N4O4S. The average molecular weight is 579 g/mol.